The van der Waals surface area contributed by atoms with Crippen LogP contribution in [0.5, 0.6) is 0 Å². The van der Waals surface area contributed by atoms with E-state index in [1.54, 1.807) is 0 Å². The molecule has 2 aromatic carbocycles. The molecule has 4 heterocycles. The van der Waals surface area contributed by atoms with Crippen molar-refractivity contribution >= 4 is 31.9 Å². The summed E-state index contributed by atoms with van der Waals surface area (Å²) in [6, 6.07) is 15.5. The van der Waals surface area contributed by atoms with E-state index in [9.17, 15) is 9.59 Å². The van der Waals surface area contributed by atoms with Crippen LogP contribution in [-0.4, -0.2) is 129 Å². The standard InChI is InChI=1S/C25H39N3O2.C22H35N3O2.C8H18O2Si/c1-19-7-8-20(23(17-19)26-13-5-6-14-26)18-28(21-9-10-21)22-11-15-27(16-12-22)24(29)30-25(2,3)4;1-17-7-8-18(20(15-17)24-11-5-6-12-24)16-23-19-9-13-25(14-10-19)21(26)27-22(2,3)4;1-5-9-8(6-7-8)10-11(2,3)4/h7-8,17,21-22H,5-6,9-16,18H2,1-4H3;7-8,15,19,23H,5-6,9-14,16H2,1-4H3;5-7H2,1-4H3. The average Bonchev–Trinajstić information content (AvgIpc) is 4.10. The van der Waals surface area contributed by atoms with Crippen LogP contribution in [0.15, 0.2) is 36.4 Å². The van der Waals surface area contributed by atoms with Crippen LogP contribution in [0.1, 0.15) is 148 Å². The molecular weight excluding hydrogens is 869 g/mol. The minimum atomic E-state index is -1.39. The highest BCUT2D eigenvalue weighted by atomic mass is 28.4. The molecule has 6 aliphatic rings. The third kappa shape index (κ3) is 17.2. The van der Waals surface area contributed by atoms with Crippen LogP contribution in [0.3, 0.4) is 0 Å². The summed E-state index contributed by atoms with van der Waals surface area (Å²) >= 11 is 0. The number of nitrogens with zero attached hydrogens (tertiary/aromatic N) is 5. The van der Waals surface area contributed by atoms with E-state index in [0.717, 1.165) is 90.4 Å². The molecule has 8 rings (SSSR count). The number of anilines is 2. The number of likely N-dealkylation sites (tertiary alicyclic amines) is 2. The van der Waals surface area contributed by atoms with Crippen LogP contribution in [0, 0.1) is 13.8 Å². The van der Waals surface area contributed by atoms with E-state index >= 15 is 0 Å². The Morgan fingerprint density at radius 3 is 1.53 bits per heavy atom. The number of ether oxygens (including phenoxy) is 3. The molecule has 382 valence electrons. The van der Waals surface area contributed by atoms with Crippen LogP contribution in [0.2, 0.25) is 19.6 Å². The number of aryl methyl sites for hydroxylation is 2. The van der Waals surface area contributed by atoms with Crippen molar-refractivity contribution in [1.82, 2.24) is 20.0 Å². The van der Waals surface area contributed by atoms with Gasteiger partial charge in [-0.15, -0.1) is 0 Å². The van der Waals surface area contributed by atoms with Crippen molar-refractivity contribution in [2.75, 3.05) is 68.8 Å². The summed E-state index contributed by atoms with van der Waals surface area (Å²) in [5, 5.41) is 3.72. The molecule has 0 aromatic heterocycles. The summed E-state index contributed by atoms with van der Waals surface area (Å²) in [6.45, 7) is 35.1. The van der Waals surface area contributed by atoms with E-state index in [0.29, 0.717) is 12.1 Å². The summed E-state index contributed by atoms with van der Waals surface area (Å²) in [4.78, 5) is 36.2. The van der Waals surface area contributed by atoms with E-state index in [4.69, 9.17) is 18.6 Å². The van der Waals surface area contributed by atoms with Crippen LogP contribution < -0.4 is 15.1 Å². The maximum absolute atomic E-state index is 12.4. The fourth-order valence-corrected chi connectivity index (χ4v) is 11.4. The molecule has 1 N–H and O–H groups in total. The van der Waals surface area contributed by atoms with Crippen molar-refractivity contribution in [3.8, 4) is 0 Å². The fourth-order valence-electron chi connectivity index (χ4n) is 10.0. The molecule has 2 aliphatic carbocycles. The van der Waals surface area contributed by atoms with Gasteiger partial charge in [-0.25, -0.2) is 9.59 Å². The van der Waals surface area contributed by atoms with Gasteiger partial charge < -0.3 is 43.6 Å². The van der Waals surface area contributed by atoms with Crippen molar-refractivity contribution in [1.29, 1.82) is 0 Å². The highest BCUT2D eigenvalue weighted by molar-refractivity contribution is 6.69. The Morgan fingerprint density at radius 1 is 0.662 bits per heavy atom. The molecule has 13 heteroatoms. The minimum absolute atomic E-state index is 0.154. The van der Waals surface area contributed by atoms with E-state index in [1.807, 2.05) is 58.3 Å². The van der Waals surface area contributed by atoms with Crippen LogP contribution in [0.4, 0.5) is 21.0 Å². The SMILES string of the molecule is CCOC1(O[Si](C)(C)C)CC1.Cc1ccc(CN(C2CC2)C2CCN(C(=O)OC(C)(C)C)CC2)c(N2CCCC2)c1.Cc1ccc(CNC2CCN(C(=O)OC(C)(C)C)CC2)c(N2CCCC2)c1. The topological polar surface area (TPSA) is 99.3 Å². The molecule has 2 saturated carbocycles. The van der Waals surface area contributed by atoms with E-state index in [2.05, 4.69) is 89.9 Å². The van der Waals surface area contributed by atoms with Gasteiger partial charge in [-0.1, -0.05) is 24.3 Å². The third-order valence-corrected chi connectivity index (χ3v) is 14.6. The van der Waals surface area contributed by atoms with Gasteiger partial charge in [0.05, 0.1) is 0 Å². The molecular formula is C55H92N6O6Si. The lowest BCUT2D eigenvalue weighted by Gasteiger charge is -2.39. The van der Waals surface area contributed by atoms with Crippen molar-refractivity contribution in [3.05, 3.63) is 58.7 Å². The van der Waals surface area contributed by atoms with Gasteiger partial charge in [-0.3, -0.25) is 4.90 Å². The molecule has 12 nitrogen and oxygen atoms in total. The summed E-state index contributed by atoms with van der Waals surface area (Å²) < 4.78 is 22.5. The fraction of sp³-hybridized carbons (Fsp3) is 0.745. The zero-order valence-corrected chi connectivity index (χ0v) is 45.6. The monoisotopic (exact) mass is 961 g/mol. The lowest BCUT2D eigenvalue weighted by molar-refractivity contribution is -0.106. The van der Waals surface area contributed by atoms with E-state index < -0.39 is 19.5 Å². The number of carbonyl (C=O) groups excluding carboxylic acids is 2. The predicted octanol–water partition coefficient (Wildman–Crippen LogP) is 11.4. The van der Waals surface area contributed by atoms with Crippen LogP contribution in [-0.2, 0) is 31.7 Å². The number of hydrogen-bond acceptors (Lipinski definition) is 10. The second-order valence-electron chi connectivity index (χ2n) is 23.4. The maximum atomic E-state index is 12.4. The minimum Gasteiger partial charge on any atom is -0.444 e. The lowest BCUT2D eigenvalue weighted by atomic mass is 10.0. The molecule has 4 aliphatic heterocycles. The van der Waals surface area contributed by atoms with E-state index in [-0.39, 0.29) is 18.0 Å². The summed E-state index contributed by atoms with van der Waals surface area (Å²) in [6.07, 6.45) is 13.7. The predicted molar refractivity (Wildman–Crippen MR) is 280 cm³/mol. The molecule has 2 amide bonds. The molecule has 2 aromatic rings. The second-order valence-corrected chi connectivity index (χ2v) is 27.9. The highest BCUT2D eigenvalue weighted by Gasteiger charge is 2.48. The van der Waals surface area contributed by atoms with Gasteiger partial charge in [0.1, 0.15) is 11.2 Å². The highest BCUT2D eigenvalue weighted by Crippen LogP contribution is 2.43. The Balaban J connectivity index is 0.000000184. The zero-order chi connectivity index (χ0) is 49.3. The molecule has 0 unspecified atom stereocenters. The van der Waals surface area contributed by atoms with Crippen LogP contribution in [0.25, 0.3) is 0 Å². The molecule has 0 radical (unpaired) electrons. The molecule has 0 bridgehead atoms. The Morgan fingerprint density at radius 2 is 1.10 bits per heavy atom. The smallest absolute Gasteiger partial charge is 0.410 e. The van der Waals surface area contributed by atoms with Gasteiger partial charge in [-0.05, 0) is 181 Å². The van der Waals surface area contributed by atoms with Crippen molar-refractivity contribution in [2.45, 2.75) is 207 Å². The number of piperidine rings is 2. The number of nitrogens with one attached hydrogen (secondary N) is 1. The molecule has 6 fully saturated rings. The second kappa shape index (κ2) is 23.7. The Labute approximate surface area is 413 Å². The van der Waals surface area contributed by atoms with E-state index in [1.165, 1.54) is 98.3 Å². The average molecular weight is 961 g/mol. The number of carbonyl (C=O) groups is 2. The normalized spacial score (nSPS) is 20.2. The zero-order valence-electron chi connectivity index (χ0n) is 44.6. The summed E-state index contributed by atoms with van der Waals surface area (Å²) in [5.41, 5.74) is 7.53. The number of hydrogen-bond donors (Lipinski definition) is 1. The number of amides is 2. The van der Waals surface area contributed by atoms with Crippen molar-refractivity contribution in [3.63, 3.8) is 0 Å². The summed E-state index contributed by atoms with van der Waals surface area (Å²) in [5.74, 6) is -0.154. The summed E-state index contributed by atoms with van der Waals surface area (Å²) in [7, 11) is -1.39. The molecule has 4 saturated heterocycles. The van der Waals surface area contributed by atoms with Gasteiger partial charge in [0.2, 0.25) is 0 Å². The van der Waals surface area contributed by atoms with Gasteiger partial charge in [0.15, 0.2) is 14.1 Å². The molecule has 0 atom stereocenters. The largest absolute Gasteiger partial charge is 0.444 e. The third-order valence-electron chi connectivity index (χ3n) is 13.6. The molecule has 68 heavy (non-hydrogen) atoms. The first-order valence-corrected chi connectivity index (χ1v) is 30.0. The van der Waals surface area contributed by atoms with Crippen LogP contribution >= 0.6 is 0 Å². The molecule has 0 spiro atoms. The van der Waals surface area contributed by atoms with Gasteiger partial charge in [0.25, 0.3) is 0 Å². The van der Waals surface area contributed by atoms with Gasteiger partial charge in [-0.2, -0.15) is 0 Å². The number of benzene rings is 2. The van der Waals surface area contributed by atoms with Crippen molar-refractivity contribution < 1.29 is 28.2 Å². The lowest BCUT2D eigenvalue weighted by Crippen LogP contribution is -2.48. The Hall–Kier alpha value is -3.36. The number of rotatable bonds is 13. The maximum Gasteiger partial charge on any atom is 0.410 e. The van der Waals surface area contributed by atoms with Gasteiger partial charge >= 0.3 is 12.2 Å². The Kier molecular flexibility index (Phi) is 18.8. The quantitative estimate of drug-likeness (QED) is 0.154. The van der Waals surface area contributed by atoms with Gasteiger partial charge in [0, 0.05) is 114 Å². The first kappa shape index (κ1) is 54.0. The first-order chi connectivity index (χ1) is 32.1. The first-order valence-electron chi connectivity index (χ1n) is 26.6. The van der Waals surface area contributed by atoms with Crippen molar-refractivity contribution in [2.24, 2.45) is 0 Å². The Bertz CT molecular complexity index is 1910.